The first-order chi connectivity index (χ1) is 8.95. The molecule has 3 atom stereocenters. The Hall–Kier alpha value is -1.45. The lowest BCUT2D eigenvalue weighted by Gasteiger charge is -2.39. The number of rotatable bonds is 2. The summed E-state index contributed by atoms with van der Waals surface area (Å²) in [5.74, 6) is 0.632. The lowest BCUT2D eigenvalue weighted by atomic mass is 9.69. The zero-order valence-electron chi connectivity index (χ0n) is 11.8. The fraction of sp³-hybridized carbons (Fsp3) is 0.667. The third-order valence-corrected chi connectivity index (χ3v) is 5.90. The molecule has 0 spiro atoms. The number of hydrogen-bond acceptors (Lipinski definition) is 3. The smallest absolute Gasteiger partial charge is 0.271 e. The predicted octanol–water partition coefficient (Wildman–Crippen LogP) is 2.42. The Kier molecular flexibility index (Phi) is 2.66. The molecule has 2 saturated carbocycles. The molecule has 0 aliphatic heterocycles. The van der Waals surface area contributed by atoms with Crippen molar-refractivity contribution in [3.63, 3.8) is 0 Å². The molecule has 2 fully saturated rings. The lowest BCUT2D eigenvalue weighted by molar-refractivity contribution is 0.0821. The minimum absolute atomic E-state index is 0.0947. The molecule has 3 rings (SSSR count). The maximum Gasteiger partial charge on any atom is 0.271 e. The molecule has 1 amide bonds. The third kappa shape index (κ3) is 1.69. The molecule has 1 heterocycles. The van der Waals surface area contributed by atoms with Gasteiger partial charge in [-0.25, -0.2) is 4.98 Å². The molecule has 2 bridgehead atoms. The van der Waals surface area contributed by atoms with E-state index in [9.17, 15) is 4.79 Å². The van der Waals surface area contributed by atoms with Gasteiger partial charge >= 0.3 is 0 Å². The van der Waals surface area contributed by atoms with E-state index in [4.69, 9.17) is 0 Å². The monoisotopic (exact) mass is 259 g/mol. The van der Waals surface area contributed by atoms with E-state index >= 15 is 0 Å². The minimum Gasteiger partial charge on any atom is -0.347 e. The highest BCUT2D eigenvalue weighted by atomic mass is 16.2. The van der Waals surface area contributed by atoms with Crippen LogP contribution in [-0.2, 0) is 0 Å². The largest absolute Gasteiger partial charge is 0.347 e. The molecular formula is C15H21N3O. The molecule has 0 aromatic carbocycles. The van der Waals surface area contributed by atoms with Gasteiger partial charge in [0.1, 0.15) is 5.69 Å². The summed E-state index contributed by atoms with van der Waals surface area (Å²) in [4.78, 5) is 20.2. The molecule has 0 radical (unpaired) electrons. The summed E-state index contributed by atoms with van der Waals surface area (Å²) in [7, 11) is 0. The van der Waals surface area contributed by atoms with Crippen molar-refractivity contribution in [2.45, 2.75) is 46.1 Å². The molecule has 1 aromatic rings. The topological polar surface area (TPSA) is 54.9 Å². The van der Waals surface area contributed by atoms with Gasteiger partial charge in [0.25, 0.3) is 5.91 Å². The molecule has 1 aromatic heterocycles. The van der Waals surface area contributed by atoms with Crippen molar-refractivity contribution in [3.8, 4) is 0 Å². The number of amides is 1. The average Bonchev–Trinajstić information content (AvgIpc) is 2.73. The van der Waals surface area contributed by atoms with E-state index in [0.717, 1.165) is 12.3 Å². The van der Waals surface area contributed by atoms with Crippen molar-refractivity contribution in [1.29, 1.82) is 0 Å². The number of fused-ring (bicyclic) bond motifs is 2. The van der Waals surface area contributed by atoms with Crippen molar-refractivity contribution in [2.75, 3.05) is 0 Å². The maximum absolute atomic E-state index is 12.2. The van der Waals surface area contributed by atoms with E-state index in [1.54, 1.807) is 12.4 Å². The van der Waals surface area contributed by atoms with Crippen LogP contribution in [0.25, 0.3) is 0 Å². The Morgan fingerprint density at radius 1 is 1.37 bits per heavy atom. The fourth-order valence-corrected chi connectivity index (χ4v) is 4.07. The van der Waals surface area contributed by atoms with Gasteiger partial charge in [-0.1, -0.05) is 20.8 Å². The average molecular weight is 259 g/mol. The first kappa shape index (κ1) is 12.6. The second-order valence-corrected chi connectivity index (χ2v) is 6.73. The van der Waals surface area contributed by atoms with Crippen molar-refractivity contribution in [2.24, 2.45) is 16.7 Å². The van der Waals surface area contributed by atoms with Crippen LogP contribution < -0.4 is 5.32 Å². The molecule has 3 unspecified atom stereocenters. The number of hydrogen-bond donors (Lipinski definition) is 1. The van der Waals surface area contributed by atoms with Gasteiger partial charge < -0.3 is 5.32 Å². The van der Waals surface area contributed by atoms with Gasteiger partial charge in [-0.15, -0.1) is 0 Å². The second-order valence-electron chi connectivity index (χ2n) is 6.73. The summed E-state index contributed by atoms with van der Waals surface area (Å²) in [6.45, 7) is 7.01. The van der Waals surface area contributed by atoms with Gasteiger partial charge in [-0.2, -0.15) is 0 Å². The quantitative estimate of drug-likeness (QED) is 0.887. The predicted molar refractivity (Wildman–Crippen MR) is 72.5 cm³/mol. The highest BCUT2D eigenvalue weighted by Crippen LogP contribution is 2.65. The normalized spacial score (nSPS) is 35.3. The molecule has 19 heavy (non-hydrogen) atoms. The Balaban J connectivity index is 1.78. The number of nitrogens with zero attached hydrogens (tertiary/aromatic N) is 2. The number of carbonyl (C=O) groups excluding carboxylic acids is 1. The molecule has 102 valence electrons. The van der Waals surface area contributed by atoms with E-state index in [1.165, 1.54) is 19.0 Å². The highest BCUT2D eigenvalue weighted by molar-refractivity contribution is 5.92. The SMILES string of the molecule is CC1(C)C2CCC1(C)C(NC(=O)c1cnccn1)C2. The van der Waals surface area contributed by atoms with Gasteiger partial charge in [0.2, 0.25) is 0 Å². The summed E-state index contributed by atoms with van der Waals surface area (Å²) >= 11 is 0. The Morgan fingerprint density at radius 3 is 2.68 bits per heavy atom. The lowest BCUT2D eigenvalue weighted by Crippen LogP contribution is -2.47. The molecule has 4 heteroatoms. The van der Waals surface area contributed by atoms with Gasteiger partial charge in [0, 0.05) is 18.4 Å². The molecule has 0 saturated heterocycles. The van der Waals surface area contributed by atoms with E-state index in [1.807, 2.05) is 0 Å². The summed E-state index contributed by atoms with van der Waals surface area (Å²) < 4.78 is 0. The highest BCUT2D eigenvalue weighted by Gasteiger charge is 2.61. The van der Waals surface area contributed by atoms with Crippen LogP contribution in [0.5, 0.6) is 0 Å². The van der Waals surface area contributed by atoms with Crippen LogP contribution in [0.2, 0.25) is 0 Å². The van der Waals surface area contributed by atoms with Crippen LogP contribution in [0.3, 0.4) is 0 Å². The van der Waals surface area contributed by atoms with Crippen molar-refractivity contribution < 1.29 is 4.79 Å². The third-order valence-electron chi connectivity index (χ3n) is 5.90. The summed E-state index contributed by atoms with van der Waals surface area (Å²) in [6.07, 6.45) is 8.25. The number of nitrogens with one attached hydrogen (secondary N) is 1. The van der Waals surface area contributed by atoms with Crippen molar-refractivity contribution >= 4 is 5.91 Å². The Labute approximate surface area is 114 Å². The van der Waals surface area contributed by atoms with Crippen LogP contribution in [0.1, 0.15) is 50.5 Å². The van der Waals surface area contributed by atoms with E-state index < -0.39 is 0 Å². The van der Waals surface area contributed by atoms with Gasteiger partial charge in [-0.3, -0.25) is 9.78 Å². The van der Waals surface area contributed by atoms with Gasteiger partial charge in [0.15, 0.2) is 0 Å². The Morgan fingerprint density at radius 2 is 2.16 bits per heavy atom. The maximum atomic E-state index is 12.2. The standard InChI is InChI=1S/C15H21N3O/c1-14(2)10-4-5-15(14,3)12(8-10)18-13(19)11-9-16-6-7-17-11/h6-7,9-10,12H,4-5,8H2,1-3H3,(H,18,19). The first-order valence-corrected chi connectivity index (χ1v) is 7.02. The van der Waals surface area contributed by atoms with Gasteiger partial charge in [-0.05, 0) is 36.0 Å². The Bertz CT molecular complexity index is 499. The van der Waals surface area contributed by atoms with E-state index in [-0.39, 0.29) is 17.4 Å². The van der Waals surface area contributed by atoms with Crippen LogP contribution in [-0.4, -0.2) is 21.9 Å². The number of aromatic nitrogens is 2. The zero-order chi connectivity index (χ0) is 13.7. The second kappa shape index (κ2) is 4.02. The van der Waals surface area contributed by atoms with Crippen LogP contribution in [0, 0.1) is 16.7 Å². The van der Waals surface area contributed by atoms with Gasteiger partial charge in [0.05, 0.1) is 6.20 Å². The van der Waals surface area contributed by atoms with Crippen LogP contribution in [0.15, 0.2) is 18.6 Å². The molecule has 2 aliphatic rings. The minimum atomic E-state index is -0.0947. The van der Waals surface area contributed by atoms with Crippen LogP contribution >= 0.6 is 0 Å². The molecule has 2 aliphatic carbocycles. The molecular weight excluding hydrogens is 238 g/mol. The van der Waals surface area contributed by atoms with Crippen molar-refractivity contribution in [3.05, 3.63) is 24.3 Å². The van der Waals surface area contributed by atoms with E-state index in [2.05, 4.69) is 36.1 Å². The number of carbonyl (C=O) groups is 1. The molecule has 1 N–H and O–H groups in total. The van der Waals surface area contributed by atoms with Crippen molar-refractivity contribution in [1.82, 2.24) is 15.3 Å². The zero-order valence-corrected chi connectivity index (χ0v) is 11.8. The molecule has 4 nitrogen and oxygen atoms in total. The summed E-state index contributed by atoms with van der Waals surface area (Å²) in [5.41, 5.74) is 0.926. The fourth-order valence-electron chi connectivity index (χ4n) is 4.07. The summed E-state index contributed by atoms with van der Waals surface area (Å²) in [5, 5.41) is 3.18. The van der Waals surface area contributed by atoms with E-state index in [0.29, 0.717) is 11.1 Å². The first-order valence-electron chi connectivity index (χ1n) is 7.02. The summed E-state index contributed by atoms with van der Waals surface area (Å²) in [6, 6.07) is 0.260. The van der Waals surface area contributed by atoms with Crippen LogP contribution in [0.4, 0.5) is 0 Å².